The third-order valence-corrected chi connectivity index (χ3v) is 6.74. The first-order chi connectivity index (χ1) is 15.3. The third-order valence-electron chi connectivity index (χ3n) is 6.74. The van der Waals surface area contributed by atoms with E-state index >= 15 is 0 Å². The SMILES string of the molecule is CC(C)c1cc(C(=O)N2CCCC2c2cc3nc4c(c(=O)n3[nH]2)CCN(C(C)C)C4)no1. The van der Waals surface area contributed by atoms with E-state index in [1.165, 1.54) is 4.52 Å². The molecule has 2 aliphatic rings. The maximum Gasteiger partial charge on any atom is 0.276 e. The Morgan fingerprint density at radius 1 is 1.22 bits per heavy atom. The summed E-state index contributed by atoms with van der Waals surface area (Å²) in [7, 11) is 0. The molecular weight excluding hydrogens is 408 g/mol. The van der Waals surface area contributed by atoms with Crippen LogP contribution in [0.1, 0.15) is 85.7 Å². The van der Waals surface area contributed by atoms with E-state index in [2.05, 4.69) is 29.0 Å². The van der Waals surface area contributed by atoms with Crippen molar-refractivity contribution >= 4 is 11.6 Å². The third kappa shape index (κ3) is 3.44. The minimum atomic E-state index is -0.146. The summed E-state index contributed by atoms with van der Waals surface area (Å²) in [4.78, 5) is 35.3. The van der Waals surface area contributed by atoms with Crippen LogP contribution in [0, 0.1) is 0 Å². The van der Waals surface area contributed by atoms with E-state index < -0.39 is 0 Å². The number of H-pyrrole nitrogens is 1. The van der Waals surface area contributed by atoms with Crippen molar-refractivity contribution in [3.63, 3.8) is 0 Å². The second-order valence-electron chi connectivity index (χ2n) is 9.49. The first-order valence-electron chi connectivity index (χ1n) is 11.5. The van der Waals surface area contributed by atoms with E-state index in [1.807, 2.05) is 24.8 Å². The van der Waals surface area contributed by atoms with Crippen LogP contribution < -0.4 is 5.56 Å². The van der Waals surface area contributed by atoms with Gasteiger partial charge in [0.15, 0.2) is 11.3 Å². The Balaban J connectivity index is 1.47. The summed E-state index contributed by atoms with van der Waals surface area (Å²) < 4.78 is 6.86. The summed E-state index contributed by atoms with van der Waals surface area (Å²) in [6.07, 6.45) is 2.42. The standard InChI is InChI=1S/C23H30N6O3/c1-13(2)20-10-17(26-32-20)23(31)28-8-5-6-19(28)16-11-21-24-18-12-27(14(3)4)9-7-15(18)22(30)29(21)25-16/h10-11,13-14,19,25H,5-9,12H2,1-4H3. The molecule has 9 heteroatoms. The molecule has 1 N–H and O–H groups in total. The molecule has 1 atom stereocenters. The summed E-state index contributed by atoms with van der Waals surface area (Å²) in [5, 5.41) is 7.23. The van der Waals surface area contributed by atoms with Crippen LogP contribution in [0.4, 0.5) is 0 Å². The summed E-state index contributed by atoms with van der Waals surface area (Å²) in [6.45, 7) is 10.5. The maximum absolute atomic E-state index is 13.2. The Kier molecular flexibility index (Phi) is 5.16. The molecule has 0 spiro atoms. The van der Waals surface area contributed by atoms with Crippen LogP contribution >= 0.6 is 0 Å². The first-order valence-corrected chi connectivity index (χ1v) is 11.5. The molecule has 3 aromatic rings. The lowest BCUT2D eigenvalue weighted by molar-refractivity contribution is 0.0722. The van der Waals surface area contributed by atoms with Gasteiger partial charge in [0, 0.05) is 49.3 Å². The van der Waals surface area contributed by atoms with Gasteiger partial charge in [0.05, 0.1) is 17.4 Å². The van der Waals surface area contributed by atoms with E-state index in [1.54, 1.807) is 6.07 Å². The van der Waals surface area contributed by atoms with Crippen molar-refractivity contribution in [3.8, 4) is 0 Å². The van der Waals surface area contributed by atoms with E-state index in [0.717, 1.165) is 36.3 Å². The molecule has 1 saturated heterocycles. The Morgan fingerprint density at radius 3 is 2.75 bits per heavy atom. The molecule has 2 aliphatic heterocycles. The molecule has 32 heavy (non-hydrogen) atoms. The van der Waals surface area contributed by atoms with Crippen molar-refractivity contribution in [2.45, 2.75) is 71.5 Å². The van der Waals surface area contributed by atoms with Crippen LogP contribution in [0.5, 0.6) is 0 Å². The number of rotatable bonds is 4. The topological polar surface area (TPSA) is 99.7 Å². The number of carbonyl (C=O) groups excluding carboxylic acids is 1. The number of aromatic amines is 1. The van der Waals surface area contributed by atoms with Crippen LogP contribution in [0.15, 0.2) is 21.5 Å². The quantitative estimate of drug-likeness (QED) is 0.672. The molecule has 5 rings (SSSR count). The molecule has 0 aromatic carbocycles. The van der Waals surface area contributed by atoms with Crippen LogP contribution in [0.2, 0.25) is 0 Å². The van der Waals surface area contributed by atoms with Crippen molar-refractivity contribution in [1.82, 2.24) is 29.6 Å². The predicted molar refractivity (Wildman–Crippen MR) is 119 cm³/mol. The van der Waals surface area contributed by atoms with Gasteiger partial charge in [-0.15, -0.1) is 0 Å². The molecule has 0 saturated carbocycles. The average Bonchev–Trinajstić information content (AvgIpc) is 3.51. The van der Waals surface area contributed by atoms with Crippen LogP contribution in [0.25, 0.3) is 5.65 Å². The lowest BCUT2D eigenvalue weighted by Crippen LogP contribution is -2.39. The van der Waals surface area contributed by atoms with Crippen LogP contribution in [0.3, 0.4) is 0 Å². The number of carbonyl (C=O) groups is 1. The lowest BCUT2D eigenvalue weighted by Gasteiger charge is -2.30. The van der Waals surface area contributed by atoms with Gasteiger partial charge >= 0.3 is 0 Å². The number of hydrogen-bond acceptors (Lipinski definition) is 6. The monoisotopic (exact) mass is 438 g/mol. The van der Waals surface area contributed by atoms with Crippen molar-refractivity contribution in [2.24, 2.45) is 0 Å². The highest BCUT2D eigenvalue weighted by atomic mass is 16.5. The molecule has 5 heterocycles. The van der Waals surface area contributed by atoms with E-state index in [4.69, 9.17) is 9.51 Å². The number of fused-ring (bicyclic) bond motifs is 2. The number of amides is 1. The molecular formula is C23H30N6O3. The van der Waals surface area contributed by atoms with Gasteiger partial charge in [0.2, 0.25) is 0 Å². The lowest BCUT2D eigenvalue weighted by atomic mass is 10.1. The largest absolute Gasteiger partial charge is 0.360 e. The maximum atomic E-state index is 13.2. The minimum absolute atomic E-state index is 0.0337. The van der Waals surface area contributed by atoms with Gasteiger partial charge in [-0.2, -0.15) is 0 Å². The van der Waals surface area contributed by atoms with Gasteiger partial charge in [0.25, 0.3) is 11.5 Å². The molecule has 0 bridgehead atoms. The minimum Gasteiger partial charge on any atom is -0.360 e. The average molecular weight is 439 g/mol. The molecule has 1 unspecified atom stereocenters. The zero-order chi connectivity index (χ0) is 22.6. The van der Waals surface area contributed by atoms with Crippen LogP contribution in [-0.2, 0) is 13.0 Å². The molecule has 1 amide bonds. The van der Waals surface area contributed by atoms with Crippen molar-refractivity contribution in [1.29, 1.82) is 0 Å². The van der Waals surface area contributed by atoms with Crippen molar-refractivity contribution < 1.29 is 9.32 Å². The number of nitrogens with one attached hydrogen (secondary N) is 1. The van der Waals surface area contributed by atoms with E-state index in [-0.39, 0.29) is 23.4 Å². The summed E-state index contributed by atoms with van der Waals surface area (Å²) in [5.41, 5.74) is 3.39. The van der Waals surface area contributed by atoms with E-state index in [0.29, 0.717) is 42.7 Å². The summed E-state index contributed by atoms with van der Waals surface area (Å²) in [6, 6.07) is 3.91. The zero-order valence-electron chi connectivity index (χ0n) is 19.1. The van der Waals surface area contributed by atoms with Gasteiger partial charge in [-0.25, -0.2) is 9.50 Å². The second kappa shape index (κ2) is 7.88. The fourth-order valence-corrected chi connectivity index (χ4v) is 4.79. The van der Waals surface area contributed by atoms with E-state index in [9.17, 15) is 9.59 Å². The normalized spacial score (nSPS) is 19.4. The number of aromatic nitrogens is 4. The smallest absolute Gasteiger partial charge is 0.276 e. The zero-order valence-corrected chi connectivity index (χ0v) is 19.1. The Hall–Kier alpha value is -2.94. The highest BCUT2D eigenvalue weighted by Gasteiger charge is 2.34. The molecule has 170 valence electrons. The summed E-state index contributed by atoms with van der Waals surface area (Å²) in [5.74, 6) is 0.725. The highest BCUT2D eigenvalue weighted by Crippen LogP contribution is 2.33. The molecule has 1 fully saturated rings. The van der Waals surface area contributed by atoms with Gasteiger partial charge in [-0.1, -0.05) is 19.0 Å². The number of likely N-dealkylation sites (tertiary alicyclic amines) is 1. The van der Waals surface area contributed by atoms with Gasteiger partial charge in [0.1, 0.15) is 5.76 Å². The van der Waals surface area contributed by atoms with Crippen molar-refractivity contribution in [2.75, 3.05) is 13.1 Å². The Labute approximate surface area is 186 Å². The number of nitrogens with zero attached hydrogens (tertiary/aromatic N) is 5. The fraction of sp³-hybridized carbons (Fsp3) is 0.565. The second-order valence-corrected chi connectivity index (χ2v) is 9.49. The molecule has 3 aromatic heterocycles. The Bertz CT molecular complexity index is 1220. The van der Waals surface area contributed by atoms with Gasteiger partial charge in [-0.05, 0) is 33.1 Å². The molecule has 9 nitrogen and oxygen atoms in total. The summed E-state index contributed by atoms with van der Waals surface area (Å²) >= 11 is 0. The molecule has 0 aliphatic carbocycles. The van der Waals surface area contributed by atoms with Gasteiger partial charge < -0.3 is 9.42 Å². The number of hydrogen-bond donors (Lipinski definition) is 1. The van der Waals surface area contributed by atoms with Crippen LogP contribution in [-0.4, -0.2) is 54.6 Å². The first kappa shape index (κ1) is 20.9. The fourth-order valence-electron chi connectivity index (χ4n) is 4.79. The van der Waals surface area contributed by atoms with Gasteiger partial charge in [-0.3, -0.25) is 19.6 Å². The van der Waals surface area contributed by atoms with Crippen molar-refractivity contribution in [3.05, 3.63) is 50.9 Å². The predicted octanol–water partition coefficient (Wildman–Crippen LogP) is 2.88. The molecule has 0 radical (unpaired) electrons. The Morgan fingerprint density at radius 2 is 2.03 bits per heavy atom. The highest BCUT2D eigenvalue weighted by molar-refractivity contribution is 5.92.